The van der Waals surface area contributed by atoms with E-state index in [0.29, 0.717) is 10.7 Å². The molecular formula is C25H25N3O3S. The fraction of sp³-hybridized carbons (Fsp3) is 0.280. The molecule has 1 aliphatic heterocycles. The van der Waals surface area contributed by atoms with Gasteiger partial charge in [0.1, 0.15) is 0 Å². The average molecular weight is 448 g/mol. The Morgan fingerprint density at radius 1 is 1.00 bits per heavy atom. The van der Waals surface area contributed by atoms with Gasteiger partial charge in [-0.2, -0.15) is 0 Å². The number of amides is 3. The molecule has 1 saturated heterocycles. The molecule has 1 N–H and O–H groups in total. The maximum absolute atomic E-state index is 12.7. The van der Waals surface area contributed by atoms with Crippen LogP contribution in [0.5, 0.6) is 0 Å². The summed E-state index contributed by atoms with van der Waals surface area (Å²) >= 11 is 1.45. The van der Waals surface area contributed by atoms with Crippen LogP contribution in [0.3, 0.4) is 0 Å². The van der Waals surface area contributed by atoms with Crippen LogP contribution in [0.4, 0.5) is 5.13 Å². The number of anilines is 1. The van der Waals surface area contributed by atoms with E-state index >= 15 is 0 Å². The van der Waals surface area contributed by atoms with Gasteiger partial charge in [-0.1, -0.05) is 49.7 Å². The highest BCUT2D eigenvalue weighted by Crippen LogP contribution is 2.31. The van der Waals surface area contributed by atoms with Crippen molar-refractivity contribution in [2.24, 2.45) is 0 Å². The summed E-state index contributed by atoms with van der Waals surface area (Å²) in [7, 11) is 0. The standard InChI is InChI=1S/C25H25N3O3S/c1-3-4-17-5-9-19(10-6-17)23-16(2)32-25(26-23)27-24(31)20-11-7-18(8-12-20)15-28-21(29)13-14-22(28)30/h5-12H,3-4,13-15H2,1-2H3,(H,26,27,31). The molecule has 7 heteroatoms. The first-order valence-corrected chi connectivity index (χ1v) is 11.6. The highest BCUT2D eigenvalue weighted by atomic mass is 32.1. The van der Waals surface area contributed by atoms with E-state index in [1.165, 1.54) is 21.8 Å². The predicted octanol–water partition coefficient (Wildman–Crippen LogP) is 4.97. The normalized spacial score (nSPS) is 13.6. The second-order valence-electron chi connectivity index (χ2n) is 7.90. The Kier molecular flexibility index (Phi) is 6.46. The van der Waals surface area contributed by atoms with Crippen molar-refractivity contribution in [3.8, 4) is 11.3 Å². The summed E-state index contributed by atoms with van der Waals surface area (Å²) in [6.45, 7) is 4.40. The quantitative estimate of drug-likeness (QED) is 0.519. The molecule has 32 heavy (non-hydrogen) atoms. The van der Waals surface area contributed by atoms with Crippen molar-refractivity contribution in [1.82, 2.24) is 9.88 Å². The number of likely N-dealkylation sites (tertiary alicyclic amines) is 1. The maximum atomic E-state index is 12.7. The number of thiazole rings is 1. The topological polar surface area (TPSA) is 79.4 Å². The van der Waals surface area contributed by atoms with Gasteiger partial charge in [-0.3, -0.25) is 24.6 Å². The van der Waals surface area contributed by atoms with Crippen LogP contribution >= 0.6 is 11.3 Å². The van der Waals surface area contributed by atoms with Crippen LogP contribution in [-0.2, 0) is 22.6 Å². The van der Waals surface area contributed by atoms with Crippen molar-refractivity contribution in [2.75, 3.05) is 5.32 Å². The summed E-state index contributed by atoms with van der Waals surface area (Å²) < 4.78 is 0. The van der Waals surface area contributed by atoms with Crippen molar-refractivity contribution in [3.05, 3.63) is 70.1 Å². The molecule has 0 atom stereocenters. The van der Waals surface area contributed by atoms with E-state index in [4.69, 9.17) is 0 Å². The number of hydrogen-bond donors (Lipinski definition) is 1. The molecule has 0 aliphatic carbocycles. The summed E-state index contributed by atoms with van der Waals surface area (Å²) in [5.74, 6) is -0.540. The molecule has 1 aliphatic rings. The number of nitrogens with one attached hydrogen (secondary N) is 1. The van der Waals surface area contributed by atoms with E-state index in [1.54, 1.807) is 24.3 Å². The molecule has 0 bridgehead atoms. The number of carbonyl (C=O) groups is 3. The van der Waals surface area contributed by atoms with Crippen LogP contribution in [-0.4, -0.2) is 27.6 Å². The lowest BCUT2D eigenvalue weighted by Gasteiger charge is -2.13. The monoisotopic (exact) mass is 447 g/mol. The molecule has 3 aromatic rings. The predicted molar refractivity (Wildman–Crippen MR) is 125 cm³/mol. The molecule has 0 radical (unpaired) electrons. The number of rotatable bonds is 7. The lowest BCUT2D eigenvalue weighted by molar-refractivity contribution is -0.139. The van der Waals surface area contributed by atoms with Crippen molar-refractivity contribution < 1.29 is 14.4 Å². The largest absolute Gasteiger partial charge is 0.298 e. The number of aryl methyl sites for hydroxylation is 2. The smallest absolute Gasteiger partial charge is 0.257 e. The third-order valence-electron chi connectivity index (χ3n) is 5.49. The highest BCUT2D eigenvalue weighted by Gasteiger charge is 2.28. The van der Waals surface area contributed by atoms with Gasteiger partial charge >= 0.3 is 0 Å². The van der Waals surface area contributed by atoms with Gasteiger partial charge in [0.25, 0.3) is 5.91 Å². The fourth-order valence-corrected chi connectivity index (χ4v) is 4.58. The van der Waals surface area contributed by atoms with Crippen LogP contribution in [0, 0.1) is 6.92 Å². The number of hydrogen-bond acceptors (Lipinski definition) is 5. The first kappa shape index (κ1) is 21.9. The SMILES string of the molecule is CCCc1ccc(-c2nc(NC(=O)c3ccc(CN4C(=O)CCC4=O)cc3)sc2C)cc1. The van der Waals surface area contributed by atoms with E-state index in [2.05, 4.69) is 41.5 Å². The first-order chi connectivity index (χ1) is 15.4. The summed E-state index contributed by atoms with van der Waals surface area (Å²) in [6, 6.07) is 15.3. The number of aromatic nitrogens is 1. The molecule has 164 valence electrons. The summed E-state index contributed by atoms with van der Waals surface area (Å²) in [4.78, 5) is 43.2. The van der Waals surface area contributed by atoms with Gasteiger partial charge in [0.15, 0.2) is 5.13 Å². The fourth-order valence-electron chi connectivity index (χ4n) is 3.75. The first-order valence-electron chi connectivity index (χ1n) is 10.7. The maximum Gasteiger partial charge on any atom is 0.257 e. The second kappa shape index (κ2) is 9.44. The van der Waals surface area contributed by atoms with E-state index < -0.39 is 0 Å². The molecule has 0 spiro atoms. The lowest BCUT2D eigenvalue weighted by Crippen LogP contribution is -2.28. The molecule has 0 unspecified atom stereocenters. The Labute approximate surface area is 191 Å². The molecule has 0 saturated carbocycles. The Morgan fingerprint density at radius 3 is 2.25 bits per heavy atom. The minimum Gasteiger partial charge on any atom is -0.298 e. The van der Waals surface area contributed by atoms with Gasteiger partial charge in [-0.15, -0.1) is 11.3 Å². The van der Waals surface area contributed by atoms with Gasteiger partial charge in [0.2, 0.25) is 11.8 Å². The van der Waals surface area contributed by atoms with E-state index in [1.807, 2.05) is 6.92 Å². The molecule has 1 aromatic heterocycles. The van der Waals surface area contributed by atoms with Gasteiger partial charge < -0.3 is 0 Å². The number of nitrogens with zero attached hydrogens (tertiary/aromatic N) is 2. The zero-order valence-electron chi connectivity index (χ0n) is 18.2. The molecular weight excluding hydrogens is 422 g/mol. The summed E-state index contributed by atoms with van der Waals surface area (Å²) in [5, 5.41) is 3.43. The van der Waals surface area contributed by atoms with Gasteiger partial charge in [-0.05, 0) is 36.6 Å². The Morgan fingerprint density at radius 2 is 1.62 bits per heavy atom. The molecule has 3 amide bonds. The van der Waals surface area contributed by atoms with Crippen molar-refractivity contribution in [1.29, 1.82) is 0 Å². The Balaban J connectivity index is 1.42. The third kappa shape index (κ3) is 4.78. The van der Waals surface area contributed by atoms with Gasteiger partial charge in [-0.25, -0.2) is 4.98 Å². The Bertz CT molecular complexity index is 1130. The minimum absolute atomic E-state index is 0.147. The van der Waals surface area contributed by atoms with Crippen molar-refractivity contribution >= 4 is 34.2 Å². The van der Waals surface area contributed by atoms with E-state index in [-0.39, 0.29) is 37.1 Å². The van der Waals surface area contributed by atoms with Crippen LogP contribution in [0.15, 0.2) is 48.5 Å². The zero-order chi connectivity index (χ0) is 22.7. The number of benzene rings is 2. The molecule has 1 fully saturated rings. The van der Waals surface area contributed by atoms with Gasteiger partial charge in [0, 0.05) is 28.8 Å². The molecule has 6 nitrogen and oxygen atoms in total. The van der Waals surface area contributed by atoms with Crippen LogP contribution in [0.2, 0.25) is 0 Å². The summed E-state index contributed by atoms with van der Waals surface area (Å²) in [6.07, 6.45) is 2.72. The molecule has 4 rings (SSSR count). The second-order valence-corrected chi connectivity index (χ2v) is 9.10. The molecule has 2 heterocycles. The zero-order valence-corrected chi connectivity index (χ0v) is 19.0. The van der Waals surface area contributed by atoms with Crippen LogP contribution in [0.1, 0.15) is 52.5 Å². The van der Waals surface area contributed by atoms with Crippen molar-refractivity contribution in [2.45, 2.75) is 46.1 Å². The van der Waals surface area contributed by atoms with E-state index in [9.17, 15) is 14.4 Å². The van der Waals surface area contributed by atoms with Crippen molar-refractivity contribution in [3.63, 3.8) is 0 Å². The van der Waals surface area contributed by atoms with Gasteiger partial charge in [0.05, 0.1) is 12.2 Å². The Hall–Kier alpha value is -3.32. The minimum atomic E-state index is -0.247. The summed E-state index contributed by atoms with van der Waals surface area (Å²) in [5.41, 5.74) is 4.52. The number of carbonyl (C=O) groups excluding carboxylic acids is 3. The average Bonchev–Trinajstić information content (AvgIpc) is 3.31. The molecule has 2 aromatic carbocycles. The lowest BCUT2D eigenvalue weighted by atomic mass is 10.1. The van der Waals surface area contributed by atoms with Crippen LogP contribution in [0.25, 0.3) is 11.3 Å². The number of imide groups is 1. The van der Waals surface area contributed by atoms with E-state index in [0.717, 1.165) is 34.5 Å². The highest BCUT2D eigenvalue weighted by molar-refractivity contribution is 7.16. The van der Waals surface area contributed by atoms with Crippen LogP contribution < -0.4 is 5.32 Å². The third-order valence-corrected chi connectivity index (χ3v) is 6.38.